The molecule has 0 bridgehead atoms. The Labute approximate surface area is 98.7 Å². The van der Waals surface area contributed by atoms with E-state index in [0.29, 0.717) is 12.8 Å². The summed E-state index contributed by atoms with van der Waals surface area (Å²) in [6, 6.07) is 0. The molecule has 0 aromatic carbocycles. The van der Waals surface area contributed by atoms with Gasteiger partial charge in [-0.1, -0.05) is 6.58 Å². The largest absolute Gasteiger partial charge is 0.507 e. The monoisotopic (exact) mass is 250 g/mol. The van der Waals surface area contributed by atoms with Gasteiger partial charge in [-0.2, -0.15) is 0 Å². The van der Waals surface area contributed by atoms with Gasteiger partial charge in [0.25, 0.3) is 0 Å². The van der Waals surface area contributed by atoms with Crippen LogP contribution in [0.3, 0.4) is 0 Å². The van der Waals surface area contributed by atoms with Crippen molar-refractivity contribution in [3.8, 4) is 0 Å². The number of carbonyl (C=O) groups is 1. The molecule has 0 radical (unpaired) electrons. The zero-order chi connectivity index (χ0) is 13.2. The molecule has 6 heteroatoms. The van der Waals surface area contributed by atoms with Crippen molar-refractivity contribution in [2.75, 3.05) is 40.5 Å². The number of primary amides is 1. The molecule has 0 spiro atoms. The van der Waals surface area contributed by atoms with Crippen LogP contribution >= 0.6 is 8.03 Å². The van der Waals surface area contributed by atoms with Crippen molar-refractivity contribution in [2.45, 2.75) is 6.92 Å². The summed E-state index contributed by atoms with van der Waals surface area (Å²) < 4.78 is 16.7. The van der Waals surface area contributed by atoms with Crippen LogP contribution in [0, 0.1) is 0 Å². The fourth-order valence-corrected chi connectivity index (χ4v) is 0.976. The summed E-state index contributed by atoms with van der Waals surface area (Å²) in [6.07, 6.45) is 1.67. The fourth-order valence-electron chi connectivity index (χ4n) is 0.508. The van der Waals surface area contributed by atoms with Gasteiger partial charge in [0.1, 0.15) is 6.54 Å². The first-order chi connectivity index (χ1) is 7.22. The van der Waals surface area contributed by atoms with Crippen molar-refractivity contribution in [1.82, 2.24) is 0 Å². The quantitative estimate of drug-likeness (QED) is 0.436. The summed E-state index contributed by atoms with van der Waals surface area (Å²) >= 11 is 0. The van der Waals surface area contributed by atoms with Crippen molar-refractivity contribution < 1.29 is 18.4 Å². The van der Waals surface area contributed by atoms with E-state index in [0.717, 1.165) is 17.1 Å². The Morgan fingerprint density at radius 3 is 2.19 bits per heavy atom. The first-order valence-corrected chi connectivity index (χ1v) is 6.39. The first kappa shape index (κ1) is 17.6. The molecule has 0 aliphatic carbocycles. The van der Waals surface area contributed by atoms with Crippen LogP contribution in [0.5, 0.6) is 0 Å². The molecule has 0 aliphatic rings. The Kier molecular flexibility index (Phi) is 10.4. The summed E-state index contributed by atoms with van der Waals surface area (Å²) in [5, 5.41) is 0. The molecule has 1 amide bonds. The summed E-state index contributed by atoms with van der Waals surface area (Å²) in [7, 11) is 4.87. The Hall–Kier alpha value is -0.770. The smallest absolute Gasteiger partial charge is 0.366 e. The molecule has 0 saturated carbocycles. The number of hydrogen-bond donors (Lipinski definition) is 1. The Bertz CT molecular complexity index is 237. The van der Waals surface area contributed by atoms with Gasteiger partial charge in [-0.25, -0.2) is 0 Å². The van der Waals surface area contributed by atoms with Crippen molar-refractivity contribution in [3.63, 3.8) is 0 Å². The summed E-state index contributed by atoms with van der Waals surface area (Å²) in [5.41, 5.74) is 4.53. The average Bonchev–Trinajstić information content (AvgIpc) is 2.16. The number of likely N-dealkylation sites (N-methyl/N-ethyl adjacent to an activating group) is 1. The first-order valence-electron chi connectivity index (χ1n) is 5.02. The maximum atomic E-state index is 10.8. The SMILES string of the molecule is C=CC(N)=O.CC[P+](=O)OCC[N+](C)(C)C. The minimum atomic E-state index is -1.39. The molecule has 0 aromatic rings. The lowest BCUT2D eigenvalue weighted by Crippen LogP contribution is -2.37. The molecule has 1 atom stereocenters. The van der Waals surface area contributed by atoms with Gasteiger partial charge in [0, 0.05) is 0 Å². The maximum Gasteiger partial charge on any atom is 0.507 e. The van der Waals surface area contributed by atoms with Crippen LogP contribution in [-0.4, -0.2) is 50.8 Å². The lowest BCUT2D eigenvalue weighted by Gasteiger charge is -2.21. The van der Waals surface area contributed by atoms with E-state index < -0.39 is 13.9 Å². The van der Waals surface area contributed by atoms with Gasteiger partial charge in [0.2, 0.25) is 5.91 Å². The van der Waals surface area contributed by atoms with Gasteiger partial charge < -0.3 is 10.2 Å². The van der Waals surface area contributed by atoms with Gasteiger partial charge in [-0.3, -0.25) is 4.79 Å². The highest BCUT2D eigenvalue weighted by molar-refractivity contribution is 7.39. The third-order valence-electron chi connectivity index (χ3n) is 1.46. The van der Waals surface area contributed by atoms with Crippen molar-refractivity contribution in [3.05, 3.63) is 12.7 Å². The van der Waals surface area contributed by atoms with Crippen molar-refractivity contribution in [2.24, 2.45) is 5.73 Å². The molecule has 0 saturated heterocycles. The molecular weight excluding hydrogens is 227 g/mol. The van der Waals surface area contributed by atoms with Crippen LogP contribution in [0.2, 0.25) is 0 Å². The standard InChI is InChI=1S/C7H18NO2P.C3H5NO/c1-5-11(9)10-7-6-8(2,3)4;1-2-3(4)5/h5-7H2,1-4H3;2H,1H2,(H2,4,5)/q+2;. The van der Waals surface area contributed by atoms with E-state index in [1.807, 2.05) is 6.92 Å². The normalized spacial score (nSPS) is 11.1. The van der Waals surface area contributed by atoms with E-state index in [1.165, 1.54) is 0 Å². The molecule has 0 aliphatic heterocycles. The van der Waals surface area contributed by atoms with Gasteiger partial charge in [-0.05, 0) is 17.6 Å². The van der Waals surface area contributed by atoms with Crippen LogP contribution in [-0.2, 0) is 13.9 Å². The van der Waals surface area contributed by atoms with Crippen molar-refractivity contribution in [1.29, 1.82) is 0 Å². The topological polar surface area (TPSA) is 69.4 Å². The summed E-state index contributed by atoms with van der Waals surface area (Å²) in [5.74, 6) is -0.481. The van der Waals surface area contributed by atoms with E-state index >= 15 is 0 Å². The number of quaternary nitrogens is 1. The van der Waals surface area contributed by atoms with E-state index in [1.54, 1.807) is 0 Å². The number of hydrogen-bond acceptors (Lipinski definition) is 3. The highest BCUT2D eigenvalue weighted by Crippen LogP contribution is 2.20. The number of nitrogens with zero attached hydrogens (tertiary/aromatic N) is 1. The lowest BCUT2D eigenvalue weighted by molar-refractivity contribution is -0.870. The lowest BCUT2D eigenvalue weighted by atomic mass is 10.5. The van der Waals surface area contributed by atoms with E-state index in [9.17, 15) is 9.36 Å². The van der Waals surface area contributed by atoms with Gasteiger partial charge in [-0.15, -0.1) is 4.52 Å². The summed E-state index contributed by atoms with van der Waals surface area (Å²) in [6.45, 7) is 6.45. The van der Waals surface area contributed by atoms with E-state index in [2.05, 4.69) is 33.5 Å². The molecule has 94 valence electrons. The predicted molar refractivity (Wildman–Crippen MR) is 66.4 cm³/mol. The van der Waals surface area contributed by atoms with Crippen molar-refractivity contribution >= 4 is 13.9 Å². The highest BCUT2D eigenvalue weighted by Gasteiger charge is 2.15. The van der Waals surface area contributed by atoms with Crippen LogP contribution in [0.15, 0.2) is 12.7 Å². The van der Waals surface area contributed by atoms with Crippen LogP contribution < -0.4 is 5.73 Å². The fraction of sp³-hybridized carbons (Fsp3) is 0.700. The van der Waals surface area contributed by atoms with Gasteiger partial charge >= 0.3 is 8.03 Å². The predicted octanol–water partition coefficient (Wildman–Crippen LogP) is 1.13. The number of rotatable bonds is 6. The third-order valence-corrected chi connectivity index (χ3v) is 2.44. The Morgan fingerprint density at radius 2 is 1.94 bits per heavy atom. The molecule has 0 heterocycles. The molecule has 1 unspecified atom stereocenters. The maximum absolute atomic E-state index is 10.8. The molecule has 0 rings (SSSR count). The number of nitrogens with two attached hydrogens (primary N) is 1. The van der Waals surface area contributed by atoms with Crippen LogP contribution in [0.1, 0.15) is 6.92 Å². The van der Waals surface area contributed by atoms with E-state index in [4.69, 9.17) is 4.52 Å². The zero-order valence-corrected chi connectivity index (χ0v) is 11.5. The van der Waals surface area contributed by atoms with E-state index in [-0.39, 0.29) is 0 Å². The van der Waals surface area contributed by atoms with Gasteiger partial charge in [0.15, 0.2) is 12.8 Å². The number of amides is 1. The number of carbonyl (C=O) groups excluding carboxylic acids is 1. The van der Waals surface area contributed by atoms with Crippen LogP contribution in [0.25, 0.3) is 0 Å². The van der Waals surface area contributed by atoms with Crippen LogP contribution in [0.4, 0.5) is 0 Å². The second kappa shape index (κ2) is 9.46. The van der Waals surface area contributed by atoms with Gasteiger partial charge in [0.05, 0.1) is 21.1 Å². The molecule has 16 heavy (non-hydrogen) atoms. The highest BCUT2D eigenvalue weighted by atomic mass is 31.1. The molecular formula is C10H23N2O3P+2. The minimum Gasteiger partial charge on any atom is -0.366 e. The second-order valence-electron chi connectivity index (χ2n) is 4.10. The third kappa shape index (κ3) is 18.9. The minimum absolute atomic E-state index is 0.481. The molecule has 2 N–H and O–H groups in total. The molecule has 0 aromatic heterocycles. The molecule has 5 nitrogen and oxygen atoms in total. The molecule has 0 fully saturated rings. The summed E-state index contributed by atoms with van der Waals surface area (Å²) in [4.78, 5) is 9.47. The second-order valence-corrected chi connectivity index (χ2v) is 5.66. The Balaban J connectivity index is 0. The Morgan fingerprint density at radius 1 is 1.50 bits per heavy atom. The zero-order valence-electron chi connectivity index (χ0n) is 10.6. The average molecular weight is 250 g/mol.